The average Bonchev–Trinajstić information content (AvgIpc) is 2.61. The largest absolute Gasteiger partial charge is 0.387 e. The summed E-state index contributed by atoms with van der Waals surface area (Å²) in [6.45, 7) is 5.45. The van der Waals surface area contributed by atoms with E-state index in [0.717, 1.165) is 11.3 Å². The first-order valence-electron chi connectivity index (χ1n) is 7.85. The van der Waals surface area contributed by atoms with Gasteiger partial charge in [-0.25, -0.2) is 0 Å². The smallest absolute Gasteiger partial charge is 0.243 e. The number of aliphatic hydroxyl groups is 1. The van der Waals surface area contributed by atoms with E-state index in [4.69, 9.17) is 11.6 Å². The number of nitrogens with zero attached hydrogens (tertiary/aromatic N) is 1. The van der Waals surface area contributed by atoms with Crippen LogP contribution in [0.3, 0.4) is 0 Å². The maximum atomic E-state index is 13.1. The van der Waals surface area contributed by atoms with Gasteiger partial charge < -0.3 is 10.0 Å². The molecule has 1 fully saturated rings. The molecule has 1 N–H and O–H groups in total. The van der Waals surface area contributed by atoms with Crippen LogP contribution in [0, 0.1) is 5.41 Å². The average molecular weight is 342 g/mol. The number of hydrogen-bond donors (Lipinski definition) is 1. The number of alkyl halides is 1. The lowest BCUT2D eigenvalue weighted by Crippen LogP contribution is -2.72. The zero-order valence-electron chi connectivity index (χ0n) is 13.5. The van der Waals surface area contributed by atoms with Crippen molar-refractivity contribution < 1.29 is 9.90 Å². The summed E-state index contributed by atoms with van der Waals surface area (Å²) in [4.78, 5) is 14.8. The van der Waals surface area contributed by atoms with E-state index in [2.05, 4.69) is 6.58 Å². The van der Waals surface area contributed by atoms with E-state index < -0.39 is 11.0 Å². The van der Waals surface area contributed by atoms with Gasteiger partial charge in [0.1, 0.15) is 5.41 Å². The number of halogens is 1. The zero-order valence-corrected chi connectivity index (χ0v) is 14.3. The monoisotopic (exact) mass is 341 g/mol. The summed E-state index contributed by atoms with van der Waals surface area (Å²) in [7, 11) is 0. The zero-order chi connectivity index (χ0) is 17.4. The minimum atomic E-state index is -1.40. The van der Waals surface area contributed by atoms with Crippen LogP contribution in [0.4, 0.5) is 5.69 Å². The molecule has 4 heteroatoms. The Morgan fingerprint density at radius 1 is 1.21 bits per heavy atom. The van der Waals surface area contributed by atoms with Gasteiger partial charge in [-0.15, -0.1) is 18.2 Å². The Morgan fingerprint density at radius 2 is 1.75 bits per heavy atom. The van der Waals surface area contributed by atoms with Crippen molar-refractivity contribution in [2.45, 2.75) is 18.6 Å². The Hall–Kier alpha value is -2.10. The van der Waals surface area contributed by atoms with Gasteiger partial charge in [0.05, 0.1) is 17.5 Å². The summed E-state index contributed by atoms with van der Waals surface area (Å²) in [6, 6.07) is 18.8. The summed E-state index contributed by atoms with van der Waals surface area (Å²) in [5, 5.41) is 10.9. The van der Waals surface area contributed by atoms with E-state index in [-0.39, 0.29) is 17.8 Å². The van der Waals surface area contributed by atoms with Crippen molar-refractivity contribution in [3.8, 4) is 0 Å². The molecule has 1 unspecified atom stereocenters. The molecule has 0 radical (unpaired) electrons. The van der Waals surface area contributed by atoms with Crippen LogP contribution in [0.25, 0.3) is 0 Å². The molecule has 124 valence electrons. The Kier molecular flexibility index (Phi) is 4.24. The minimum Gasteiger partial charge on any atom is -0.387 e. The highest BCUT2D eigenvalue weighted by Gasteiger charge is 2.67. The molecule has 1 amide bonds. The van der Waals surface area contributed by atoms with Crippen LogP contribution in [-0.4, -0.2) is 22.5 Å². The summed E-state index contributed by atoms with van der Waals surface area (Å²) >= 11 is 6.01. The van der Waals surface area contributed by atoms with Gasteiger partial charge in [-0.2, -0.15) is 0 Å². The number of benzene rings is 2. The van der Waals surface area contributed by atoms with Crippen molar-refractivity contribution in [2.24, 2.45) is 5.41 Å². The predicted molar refractivity (Wildman–Crippen MR) is 97.1 cm³/mol. The molecule has 1 aliphatic heterocycles. The van der Waals surface area contributed by atoms with Crippen molar-refractivity contribution in [1.82, 2.24) is 0 Å². The maximum Gasteiger partial charge on any atom is 0.243 e. The van der Waals surface area contributed by atoms with E-state index >= 15 is 0 Å². The van der Waals surface area contributed by atoms with E-state index in [1.807, 2.05) is 60.7 Å². The SMILES string of the molecule is C=C[C@@]1(C(C)(O)CCl)C(=O)N(c2ccccc2)[C@H]1c1ccccc1. The molecule has 0 saturated carbocycles. The molecule has 3 atom stereocenters. The topological polar surface area (TPSA) is 40.5 Å². The lowest BCUT2D eigenvalue weighted by atomic mass is 9.59. The number of β-lactam (4-membered cyclic amide) rings is 1. The van der Waals surface area contributed by atoms with E-state index in [1.165, 1.54) is 0 Å². The summed E-state index contributed by atoms with van der Waals surface area (Å²) in [5.74, 6) is -0.250. The Labute approximate surface area is 147 Å². The van der Waals surface area contributed by atoms with Crippen LogP contribution < -0.4 is 4.90 Å². The maximum absolute atomic E-state index is 13.1. The standard InChI is InChI=1S/C20H20ClNO2/c1-3-20(19(2,24)14-21)17(15-10-6-4-7-11-15)22(18(20)23)16-12-8-5-9-13-16/h3-13,17,24H,1,14H2,2H3/t17-,19?,20-/m0/s1. The van der Waals surface area contributed by atoms with Crippen molar-refractivity contribution in [2.75, 3.05) is 10.8 Å². The number of rotatable bonds is 5. The highest BCUT2D eigenvalue weighted by atomic mass is 35.5. The van der Waals surface area contributed by atoms with Gasteiger partial charge >= 0.3 is 0 Å². The fourth-order valence-corrected chi connectivity index (χ4v) is 3.75. The number of carbonyl (C=O) groups excluding carboxylic acids is 1. The fourth-order valence-electron chi connectivity index (χ4n) is 3.53. The second-order valence-electron chi connectivity index (χ2n) is 6.30. The molecule has 3 rings (SSSR count). The molecule has 3 nitrogen and oxygen atoms in total. The van der Waals surface area contributed by atoms with Gasteiger partial charge in [-0.05, 0) is 24.6 Å². The lowest BCUT2D eigenvalue weighted by Gasteiger charge is -2.60. The Balaban J connectivity index is 2.17. The van der Waals surface area contributed by atoms with Crippen LogP contribution >= 0.6 is 11.6 Å². The molecule has 2 aromatic rings. The third-order valence-electron chi connectivity index (χ3n) is 4.89. The third kappa shape index (κ3) is 2.20. The summed E-state index contributed by atoms with van der Waals surface area (Å²) < 4.78 is 0. The molecule has 1 heterocycles. The molecule has 2 aromatic carbocycles. The van der Waals surface area contributed by atoms with Gasteiger partial charge in [0.15, 0.2) is 0 Å². The number of anilines is 1. The van der Waals surface area contributed by atoms with Crippen LogP contribution in [-0.2, 0) is 4.79 Å². The van der Waals surface area contributed by atoms with Gasteiger partial charge in [0.25, 0.3) is 0 Å². The molecular formula is C20H20ClNO2. The van der Waals surface area contributed by atoms with Crippen molar-refractivity contribution in [1.29, 1.82) is 0 Å². The van der Waals surface area contributed by atoms with Gasteiger partial charge in [-0.3, -0.25) is 4.79 Å². The van der Waals surface area contributed by atoms with Crippen molar-refractivity contribution in [3.05, 3.63) is 78.9 Å². The van der Waals surface area contributed by atoms with Crippen LogP contribution in [0.2, 0.25) is 0 Å². The predicted octanol–water partition coefficient (Wildman–Crippen LogP) is 3.94. The molecule has 0 bridgehead atoms. The highest BCUT2D eigenvalue weighted by molar-refractivity contribution is 6.19. The molecule has 1 aliphatic rings. The molecule has 1 saturated heterocycles. The second-order valence-corrected chi connectivity index (χ2v) is 6.57. The number of amides is 1. The number of carbonyl (C=O) groups is 1. The summed E-state index contributed by atoms with van der Waals surface area (Å²) in [6.07, 6.45) is 1.55. The summed E-state index contributed by atoms with van der Waals surface area (Å²) in [5.41, 5.74) is -0.837. The first kappa shape index (κ1) is 16.7. The first-order valence-corrected chi connectivity index (χ1v) is 8.38. The first-order chi connectivity index (χ1) is 11.5. The third-order valence-corrected chi connectivity index (χ3v) is 5.41. The molecule has 0 spiro atoms. The second kappa shape index (κ2) is 6.08. The van der Waals surface area contributed by atoms with Crippen LogP contribution in [0.15, 0.2) is 73.3 Å². The number of hydrogen-bond acceptors (Lipinski definition) is 2. The number of para-hydroxylation sites is 1. The van der Waals surface area contributed by atoms with E-state index in [0.29, 0.717) is 0 Å². The molecule has 24 heavy (non-hydrogen) atoms. The van der Waals surface area contributed by atoms with Gasteiger partial charge in [0, 0.05) is 5.69 Å². The Morgan fingerprint density at radius 3 is 2.25 bits per heavy atom. The Bertz CT molecular complexity index is 745. The van der Waals surface area contributed by atoms with Crippen LogP contribution in [0.1, 0.15) is 18.5 Å². The normalized spacial score (nSPS) is 25.7. The van der Waals surface area contributed by atoms with Gasteiger partial charge in [0.2, 0.25) is 5.91 Å². The van der Waals surface area contributed by atoms with Crippen molar-refractivity contribution in [3.63, 3.8) is 0 Å². The van der Waals surface area contributed by atoms with E-state index in [9.17, 15) is 9.90 Å². The molecule has 0 aromatic heterocycles. The molecule has 0 aliphatic carbocycles. The van der Waals surface area contributed by atoms with Crippen molar-refractivity contribution >= 4 is 23.2 Å². The van der Waals surface area contributed by atoms with E-state index in [1.54, 1.807) is 17.9 Å². The fraction of sp³-hybridized carbons (Fsp3) is 0.250. The molecular weight excluding hydrogens is 322 g/mol. The quantitative estimate of drug-likeness (QED) is 0.508. The highest BCUT2D eigenvalue weighted by Crippen LogP contribution is 2.58. The van der Waals surface area contributed by atoms with Gasteiger partial charge in [-0.1, -0.05) is 54.6 Å². The minimum absolute atomic E-state index is 0.0588. The lowest BCUT2D eigenvalue weighted by molar-refractivity contribution is -0.154. The van der Waals surface area contributed by atoms with Crippen LogP contribution in [0.5, 0.6) is 0 Å².